The molecule has 0 saturated heterocycles. The van der Waals surface area contributed by atoms with Gasteiger partial charge in [0.15, 0.2) is 6.73 Å². The first kappa shape index (κ1) is 9.42. The lowest BCUT2D eigenvalue weighted by Gasteiger charge is -2.05. The maximum Gasteiger partial charge on any atom is 0.490 e. The number of rotatable bonds is 2. The van der Waals surface area contributed by atoms with Crippen LogP contribution in [-0.2, 0) is 16.3 Å². The van der Waals surface area contributed by atoms with Crippen molar-refractivity contribution in [3.05, 3.63) is 6.33 Å². The van der Waals surface area contributed by atoms with Crippen LogP contribution >= 0.6 is 0 Å². The molecule has 0 amide bonds. The van der Waals surface area contributed by atoms with Crippen LogP contribution in [0.5, 0.6) is 0 Å². The van der Waals surface area contributed by atoms with Crippen LogP contribution in [0.4, 0.5) is 13.2 Å². The van der Waals surface area contributed by atoms with Crippen LogP contribution < -0.4 is 0 Å². The molecule has 0 aliphatic rings. The van der Waals surface area contributed by atoms with Crippen molar-refractivity contribution < 1.29 is 22.7 Å². The fourth-order valence-electron chi connectivity index (χ4n) is 0.446. The van der Waals surface area contributed by atoms with Gasteiger partial charge in [-0.3, -0.25) is 0 Å². The van der Waals surface area contributed by atoms with Crippen LogP contribution in [0.3, 0.4) is 0 Å². The molecule has 1 aromatic heterocycles. The molecular formula is C4H3F3N4O2. The maximum absolute atomic E-state index is 11.5. The zero-order chi connectivity index (χ0) is 9.90. The molecule has 72 valence electrons. The zero-order valence-electron chi connectivity index (χ0n) is 6.02. The van der Waals surface area contributed by atoms with Crippen molar-refractivity contribution in [3.63, 3.8) is 0 Å². The Morgan fingerprint density at radius 3 is 2.69 bits per heavy atom. The van der Waals surface area contributed by atoms with Crippen LogP contribution in [0.25, 0.3) is 0 Å². The SMILES string of the molecule is O=C(OCn1cnnn1)C(F)(F)F. The monoisotopic (exact) mass is 196 g/mol. The molecular weight excluding hydrogens is 193 g/mol. The van der Waals surface area contributed by atoms with E-state index in [1.165, 1.54) is 0 Å². The molecule has 0 aromatic carbocycles. The summed E-state index contributed by atoms with van der Waals surface area (Å²) in [6.07, 6.45) is -3.97. The Hall–Kier alpha value is -1.67. The highest BCUT2D eigenvalue weighted by Crippen LogP contribution is 2.16. The minimum atomic E-state index is -4.99. The number of nitrogens with zero attached hydrogens (tertiary/aromatic N) is 4. The highest BCUT2D eigenvalue weighted by Gasteiger charge is 2.40. The van der Waals surface area contributed by atoms with Gasteiger partial charge in [0.05, 0.1) is 0 Å². The van der Waals surface area contributed by atoms with E-state index in [0.717, 1.165) is 11.0 Å². The van der Waals surface area contributed by atoms with Crippen molar-refractivity contribution in [2.75, 3.05) is 0 Å². The molecule has 0 bridgehead atoms. The van der Waals surface area contributed by atoms with Crippen LogP contribution in [0.1, 0.15) is 0 Å². The lowest BCUT2D eigenvalue weighted by molar-refractivity contribution is -0.203. The van der Waals surface area contributed by atoms with Gasteiger partial charge in [-0.1, -0.05) is 0 Å². The predicted octanol–water partition coefficient (Wildman–Crippen LogP) is -0.264. The summed E-state index contributed by atoms with van der Waals surface area (Å²) in [5, 5.41) is 9.43. The molecule has 0 spiro atoms. The number of hydrogen-bond donors (Lipinski definition) is 0. The molecule has 0 unspecified atom stereocenters. The van der Waals surface area contributed by atoms with Gasteiger partial charge < -0.3 is 4.74 Å². The number of alkyl halides is 3. The summed E-state index contributed by atoms with van der Waals surface area (Å²) in [6.45, 7) is -0.661. The molecule has 0 atom stereocenters. The van der Waals surface area contributed by atoms with Gasteiger partial charge in [0.2, 0.25) is 0 Å². The van der Waals surface area contributed by atoms with Gasteiger partial charge in [0.1, 0.15) is 6.33 Å². The topological polar surface area (TPSA) is 69.9 Å². The fourth-order valence-corrected chi connectivity index (χ4v) is 0.446. The standard InChI is InChI=1S/C4H3F3N4O2/c5-4(6,7)3(12)13-2-11-1-8-9-10-11/h1H,2H2. The highest BCUT2D eigenvalue weighted by molar-refractivity contribution is 5.75. The van der Waals surface area contributed by atoms with E-state index in [4.69, 9.17) is 0 Å². The number of carbonyl (C=O) groups excluding carboxylic acids is 1. The molecule has 13 heavy (non-hydrogen) atoms. The van der Waals surface area contributed by atoms with Gasteiger partial charge in [-0.25, -0.2) is 4.79 Å². The number of carbonyl (C=O) groups is 1. The molecule has 9 heteroatoms. The fraction of sp³-hybridized carbons (Fsp3) is 0.500. The van der Waals surface area contributed by atoms with E-state index >= 15 is 0 Å². The minimum absolute atomic E-state index is 0.661. The molecule has 0 fully saturated rings. The van der Waals surface area contributed by atoms with Gasteiger partial charge in [-0.2, -0.15) is 17.9 Å². The lowest BCUT2D eigenvalue weighted by Crippen LogP contribution is -2.26. The summed E-state index contributed by atoms with van der Waals surface area (Å²) < 4.78 is 39.3. The Morgan fingerprint density at radius 2 is 2.23 bits per heavy atom. The summed E-state index contributed by atoms with van der Waals surface area (Å²) in [6, 6.07) is 0. The summed E-state index contributed by atoms with van der Waals surface area (Å²) in [7, 11) is 0. The lowest BCUT2D eigenvalue weighted by atomic mass is 10.7. The summed E-state index contributed by atoms with van der Waals surface area (Å²) in [4.78, 5) is 10.1. The second-order valence-electron chi connectivity index (χ2n) is 1.91. The van der Waals surface area contributed by atoms with E-state index in [1.807, 2.05) is 0 Å². The number of esters is 1. The Bertz CT molecular complexity index is 282. The van der Waals surface area contributed by atoms with Gasteiger partial charge in [0, 0.05) is 0 Å². The van der Waals surface area contributed by atoms with E-state index in [2.05, 4.69) is 20.3 Å². The molecule has 1 aromatic rings. The Labute approximate surface area is 69.3 Å². The van der Waals surface area contributed by atoms with Crippen molar-refractivity contribution in [2.45, 2.75) is 12.9 Å². The van der Waals surface area contributed by atoms with Crippen molar-refractivity contribution in [3.8, 4) is 0 Å². The molecule has 0 aliphatic heterocycles. The number of hydrogen-bond acceptors (Lipinski definition) is 5. The van der Waals surface area contributed by atoms with Crippen LogP contribution in [0, 0.1) is 0 Å². The number of halogens is 3. The first-order chi connectivity index (χ1) is 6.00. The smallest absolute Gasteiger partial charge is 0.436 e. The highest BCUT2D eigenvalue weighted by atomic mass is 19.4. The molecule has 0 radical (unpaired) electrons. The van der Waals surface area contributed by atoms with Crippen LogP contribution in [0.2, 0.25) is 0 Å². The first-order valence-electron chi connectivity index (χ1n) is 2.95. The van der Waals surface area contributed by atoms with Gasteiger partial charge in [0.25, 0.3) is 0 Å². The first-order valence-corrected chi connectivity index (χ1v) is 2.95. The summed E-state index contributed by atoms with van der Waals surface area (Å²) in [5.41, 5.74) is 0. The Kier molecular flexibility index (Phi) is 2.44. The third-order valence-electron chi connectivity index (χ3n) is 0.951. The van der Waals surface area contributed by atoms with Crippen molar-refractivity contribution in [1.82, 2.24) is 20.2 Å². The van der Waals surface area contributed by atoms with E-state index in [1.54, 1.807) is 0 Å². The maximum atomic E-state index is 11.5. The molecule has 0 saturated carbocycles. The average molecular weight is 196 g/mol. The van der Waals surface area contributed by atoms with E-state index in [-0.39, 0.29) is 0 Å². The third-order valence-corrected chi connectivity index (χ3v) is 0.951. The Morgan fingerprint density at radius 1 is 1.54 bits per heavy atom. The predicted molar refractivity (Wildman–Crippen MR) is 30.0 cm³/mol. The second kappa shape index (κ2) is 3.37. The molecule has 6 nitrogen and oxygen atoms in total. The van der Waals surface area contributed by atoms with Crippen molar-refractivity contribution >= 4 is 5.97 Å². The quantitative estimate of drug-likeness (QED) is 0.609. The Balaban J connectivity index is 2.40. The van der Waals surface area contributed by atoms with Gasteiger partial charge >= 0.3 is 12.1 Å². The normalized spacial score (nSPS) is 11.3. The van der Waals surface area contributed by atoms with Crippen LogP contribution in [0.15, 0.2) is 6.33 Å². The zero-order valence-corrected chi connectivity index (χ0v) is 6.02. The van der Waals surface area contributed by atoms with E-state index in [9.17, 15) is 18.0 Å². The van der Waals surface area contributed by atoms with E-state index < -0.39 is 18.9 Å². The number of ether oxygens (including phenoxy) is 1. The minimum Gasteiger partial charge on any atom is -0.436 e. The average Bonchev–Trinajstić information content (AvgIpc) is 2.50. The third kappa shape index (κ3) is 2.69. The summed E-state index contributed by atoms with van der Waals surface area (Å²) >= 11 is 0. The largest absolute Gasteiger partial charge is 0.490 e. The number of tetrazole rings is 1. The number of aromatic nitrogens is 4. The second-order valence-corrected chi connectivity index (χ2v) is 1.91. The van der Waals surface area contributed by atoms with Crippen molar-refractivity contribution in [1.29, 1.82) is 0 Å². The molecule has 0 N–H and O–H groups in total. The van der Waals surface area contributed by atoms with Crippen LogP contribution in [-0.4, -0.2) is 32.4 Å². The van der Waals surface area contributed by atoms with E-state index in [0.29, 0.717) is 0 Å². The van der Waals surface area contributed by atoms with Gasteiger partial charge in [-0.15, -0.1) is 5.10 Å². The molecule has 0 aliphatic carbocycles. The molecule has 1 rings (SSSR count). The summed E-state index contributed by atoms with van der Waals surface area (Å²) in [5.74, 6) is -2.27. The molecule has 1 heterocycles. The van der Waals surface area contributed by atoms with Gasteiger partial charge in [-0.05, 0) is 10.4 Å². The van der Waals surface area contributed by atoms with Crippen molar-refractivity contribution in [2.24, 2.45) is 0 Å².